The fourth-order valence-electron chi connectivity index (χ4n) is 4.04. The van der Waals surface area contributed by atoms with Crippen LogP contribution in [0.25, 0.3) is 0 Å². The average Bonchev–Trinajstić information content (AvgIpc) is 3.00. The van der Waals surface area contributed by atoms with Crippen molar-refractivity contribution in [2.75, 3.05) is 0 Å². The van der Waals surface area contributed by atoms with Gasteiger partial charge in [0.05, 0.1) is 5.41 Å². The Balaban J connectivity index is 2.39. The highest BCUT2D eigenvalue weighted by Gasteiger charge is 2.46. The van der Waals surface area contributed by atoms with Crippen molar-refractivity contribution in [2.45, 2.75) is 65.2 Å². The molecule has 1 fully saturated rings. The molecule has 0 spiro atoms. The van der Waals surface area contributed by atoms with E-state index in [-0.39, 0.29) is 0 Å². The van der Waals surface area contributed by atoms with Gasteiger partial charge in [-0.2, -0.15) is 0 Å². The minimum atomic E-state index is -1.12. The van der Waals surface area contributed by atoms with Gasteiger partial charge < -0.3 is 10.2 Å². The number of unbranched alkanes of at least 4 members (excludes halogenated alkanes) is 1. The van der Waals surface area contributed by atoms with Crippen molar-refractivity contribution >= 4 is 11.9 Å². The molecule has 4 nitrogen and oxygen atoms in total. The molecule has 0 aromatic rings. The highest BCUT2D eigenvalue weighted by Crippen LogP contribution is 2.46. The first-order valence-corrected chi connectivity index (χ1v) is 8.79. The monoisotopic (exact) mass is 320 g/mol. The van der Waals surface area contributed by atoms with Crippen molar-refractivity contribution in [1.29, 1.82) is 0 Å². The molecular weight excluding hydrogens is 292 g/mol. The van der Waals surface area contributed by atoms with Gasteiger partial charge in [0, 0.05) is 11.5 Å². The van der Waals surface area contributed by atoms with Crippen LogP contribution in [0.15, 0.2) is 23.3 Å². The molecule has 4 heteroatoms. The number of rotatable bonds is 7. The summed E-state index contributed by atoms with van der Waals surface area (Å²) in [7, 11) is 0. The maximum atomic E-state index is 11.9. The summed E-state index contributed by atoms with van der Waals surface area (Å²) in [6, 6.07) is 0. The first kappa shape index (κ1) is 17.8. The largest absolute Gasteiger partial charge is 0.481 e. The Bertz CT molecular complexity index is 525. The third kappa shape index (κ3) is 3.67. The van der Waals surface area contributed by atoms with Crippen molar-refractivity contribution in [3.05, 3.63) is 23.3 Å². The molecular formula is C19H28O4. The molecule has 0 aromatic heterocycles. The molecule has 0 saturated heterocycles. The zero-order chi connectivity index (χ0) is 17.0. The molecule has 0 aliphatic heterocycles. The molecule has 2 aliphatic rings. The predicted molar refractivity (Wildman–Crippen MR) is 89.1 cm³/mol. The van der Waals surface area contributed by atoms with Crippen LogP contribution in [-0.4, -0.2) is 22.2 Å². The van der Waals surface area contributed by atoms with Gasteiger partial charge in [-0.05, 0) is 37.7 Å². The molecule has 128 valence electrons. The van der Waals surface area contributed by atoms with Gasteiger partial charge in [0.25, 0.3) is 0 Å². The smallest absolute Gasteiger partial charge is 0.332 e. The Morgan fingerprint density at radius 1 is 1.26 bits per heavy atom. The number of carbonyl (C=O) groups is 2. The predicted octanol–water partition coefficient (Wildman–Crippen LogP) is 4.42. The van der Waals surface area contributed by atoms with E-state index in [0.717, 1.165) is 31.3 Å². The molecule has 0 bridgehead atoms. The van der Waals surface area contributed by atoms with Crippen LogP contribution in [0.5, 0.6) is 0 Å². The number of allylic oxidation sites excluding steroid dienone is 2. The molecule has 0 aromatic carbocycles. The number of carboxylic acid groups (broad SMARTS) is 2. The van der Waals surface area contributed by atoms with Crippen LogP contribution in [0.1, 0.15) is 65.2 Å². The van der Waals surface area contributed by atoms with Crippen molar-refractivity contribution in [2.24, 2.45) is 17.3 Å². The maximum Gasteiger partial charge on any atom is 0.332 e. The topological polar surface area (TPSA) is 74.6 Å². The average molecular weight is 320 g/mol. The van der Waals surface area contributed by atoms with Crippen LogP contribution in [0.4, 0.5) is 0 Å². The lowest BCUT2D eigenvalue weighted by atomic mass is 9.65. The Labute approximate surface area is 138 Å². The second kappa shape index (κ2) is 7.33. The van der Waals surface area contributed by atoms with Crippen molar-refractivity contribution in [3.8, 4) is 0 Å². The molecule has 0 amide bonds. The van der Waals surface area contributed by atoms with Crippen molar-refractivity contribution < 1.29 is 19.8 Å². The Morgan fingerprint density at radius 2 is 1.91 bits per heavy atom. The Morgan fingerprint density at radius 3 is 2.43 bits per heavy atom. The minimum Gasteiger partial charge on any atom is -0.481 e. The normalized spacial score (nSPS) is 28.3. The lowest BCUT2D eigenvalue weighted by Crippen LogP contribution is -2.40. The van der Waals surface area contributed by atoms with E-state index < -0.39 is 23.3 Å². The van der Waals surface area contributed by atoms with Crippen LogP contribution in [0.2, 0.25) is 0 Å². The van der Waals surface area contributed by atoms with Gasteiger partial charge in [0.15, 0.2) is 0 Å². The van der Waals surface area contributed by atoms with E-state index in [2.05, 4.69) is 6.92 Å². The van der Waals surface area contributed by atoms with Gasteiger partial charge >= 0.3 is 11.9 Å². The van der Waals surface area contributed by atoms with Gasteiger partial charge in [0.1, 0.15) is 0 Å². The minimum absolute atomic E-state index is 0.345. The highest BCUT2D eigenvalue weighted by atomic mass is 16.4. The Hall–Kier alpha value is -1.58. The summed E-state index contributed by atoms with van der Waals surface area (Å²) in [5.74, 6) is -1.86. The van der Waals surface area contributed by atoms with E-state index in [1.807, 2.05) is 0 Å². The van der Waals surface area contributed by atoms with E-state index in [1.54, 1.807) is 19.1 Å². The first-order valence-electron chi connectivity index (χ1n) is 8.79. The molecule has 0 radical (unpaired) electrons. The highest BCUT2D eigenvalue weighted by molar-refractivity contribution is 5.92. The van der Waals surface area contributed by atoms with Crippen LogP contribution in [0, 0.1) is 17.3 Å². The molecule has 23 heavy (non-hydrogen) atoms. The number of carboxylic acids is 2. The van der Waals surface area contributed by atoms with E-state index in [9.17, 15) is 19.8 Å². The molecule has 2 unspecified atom stereocenters. The second-order valence-corrected chi connectivity index (χ2v) is 7.21. The summed E-state index contributed by atoms with van der Waals surface area (Å²) in [5.41, 5.74) is 0.0466. The number of hydrogen-bond donors (Lipinski definition) is 2. The second-order valence-electron chi connectivity index (χ2n) is 7.21. The van der Waals surface area contributed by atoms with Crippen molar-refractivity contribution in [3.63, 3.8) is 0 Å². The fourth-order valence-corrected chi connectivity index (χ4v) is 4.04. The van der Waals surface area contributed by atoms with Gasteiger partial charge in [0.2, 0.25) is 0 Å². The molecule has 2 N–H and O–H groups in total. The van der Waals surface area contributed by atoms with E-state index >= 15 is 0 Å². The van der Waals surface area contributed by atoms with Gasteiger partial charge in [-0.3, -0.25) is 4.79 Å². The zero-order valence-corrected chi connectivity index (χ0v) is 14.2. The van der Waals surface area contributed by atoms with E-state index in [4.69, 9.17) is 0 Å². The van der Waals surface area contributed by atoms with Crippen LogP contribution >= 0.6 is 0 Å². The molecule has 2 aliphatic carbocycles. The van der Waals surface area contributed by atoms with Gasteiger partial charge in [-0.1, -0.05) is 51.2 Å². The van der Waals surface area contributed by atoms with E-state index in [0.29, 0.717) is 24.3 Å². The summed E-state index contributed by atoms with van der Waals surface area (Å²) in [5, 5.41) is 19.5. The van der Waals surface area contributed by atoms with Crippen LogP contribution in [-0.2, 0) is 9.59 Å². The maximum absolute atomic E-state index is 11.9. The quantitative estimate of drug-likeness (QED) is 0.728. The fraction of sp³-hybridized carbons (Fsp3) is 0.684. The summed E-state index contributed by atoms with van der Waals surface area (Å²) in [6.45, 7) is 3.75. The molecule has 2 rings (SSSR count). The molecule has 0 heterocycles. The SMILES string of the molecule is CCCCC1=C(C(=O)O)C(CC2CCCC2)C(C)(C(=O)O)C=C1. The first-order chi connectivity index (χ1) is 10.9. The summed E-state index contributed by atoms with van der Waals surface area (Å²) >= 11 is 0. The molecule has 2 atom stereocenters. The lowest BCUT2D eigenvalue weighted by Gasteiger charge is -2.37. The van der Waals surface area contributed by atoms with Gasteiger partial charge in [-0.25, -0.2) is 4.79 Å². The number of hydrogen-bond acceptors (Lipinski definition) is 2. The summed E-state index contributed by atoms with van der Waals surface area (Å²) < 4.78 is 0. The zero-order valence-electron chi connectivity index (χ0n) is 14.2. The standard InChI is InChI=1S/C19H28O4/c1-3-4-9-14-10-11-19(2,18(22)23)15(16(14)17(20)21)12-13-7-5-6-8-13/h10-11,13,15H,3-9,12H2,1-2H3,(H,20,21)(H,22,23). The third-order valence-corrected chi connectivity index (χ3v) is 5.58. The van der Waals surface area contributed by atoms with Crippen molar-refractivity contribution in [1.82, 2.24) is 0 Å². The van der Waals surface area contributed by atoms with Crippen LogP contribution in [0.3, 0.4) is 0 Å². The number of aliphatic carboxylic acids is 2. The van der Waals surface area contributed by atoms with Gasteiger partial charge in [-0.15, -0.1) is 0 Å². The lowest BCUT2D eigenvalue weighted by molar-refractivity contribution is -0.148. The Kier molecular flexibility index (Phi) is 5.66. The summed E-state index contributed by atoms with van der Waals surface area (Å²) in [6.07, 6.45) is 11.3. The summed E-state index contributed by atoms with van der Waals surface area (Å²) in [4.78, 5) is 23.8. The molecule has 1 saturated carbocycles. The van der Waals surface area contributed by atoms with Crippen LogP contribution < -0.4 is 0 Å². The van der Waals surface area contributed by atoms with E-state index in [1.165, 1.54) is 12.8 Å². The third-order valence-electron chi connectivity index (χ3n) is 5.58.